The lowest BCUT2D eigenvalue weighted by Crippen LogP contribution is -2.11. The second-order valence-electron chi connectivity index (χ2n) is 14.6. The first-order chi connectivity index (χ1) is 29.4. The zero-order valence-corrected chi connectivity index (χ0v) is 34.8. The number of carbonyl (C=O) groups excluding carboxylic acids is 2. The van der Waals surface area contributed by atoms with Crippen LogP contribution in [0.2, 0.25) is 0 Å². The first-order valence-corrected chi connectivity index (χ1v) is 21.2. The summed E-state index contributed by atoms with van der Waals surface area (Å²) in [5, 5.41) is 9.62. The maximum absolute atomic E-state index is 13.0. The molecule has 0 N–H and O–H groups in total. The lowest BCUT2D eigenvalue weighted by molar-refractivity contribution is 0.0732. The molecule has 0 saturated carbocycles. The molecule has 0 heterocycles. The molecule has 0 atom stereocenters. The topological polar surface area (TPSA) is 120 Å². The van der Waals surface area contributed by atoms with Crippen molar-refractivity contribution < 1.29 is 28.5 Å². The van der Waals surface area contributed by atoms with Crippen molar-refractivity contribution in [3.63, 3.8) is 0 Å². The molecule has 9 nitrogen and oxygen atoms in total. The Balaban J connectivity index is 1.08. The molecule has 0 amide bonds. The predicted molar refractivity (Wildman–Crippen MR) is 239 cm³/mol. The van der Waals surface area contributed by atoms with E-state index in [0.29, 0.717) is 24.3 Å². The fourth-order valence-corrected chi connectivity index (χ4v) is 6.20. The van der Waals surface area contributed by atoms with E-state index in [9.17, 15) is 14.9 Å². The van der Waals surface area contributed by atoms with Gasteiger partial charge in [0.05, 0.1) is 47.3 Å². The molecule has 9 heteroatoms. The molecule has 310 valence electrons. The Hall–Kier alpha value is -6.53. The van der Waals surface area contributed by atoms with Gasteiger partial charge in [-0.05, 0) is 109 Å². The smallest absolute Gasteiger partial charge is 0.343 e. The molecule has 0 radical (unpaired) electrons. The Bertz CT molecular complexity index is 2020. The summed E-state index contributed by atoms with van der Waals surface area (Å²) in [6.45, 7) is 5.86. The maximum atomic E-state index is 13.0. The van der Waals surface area contributed by atoms with Crippen molar-refractivity contribution in [1.82, 2.24) is 0 Å². The van der Waals surface area contributed by atoms with Gasteiger partial charge < -0.3 is 18.9 Å². The molecule has 0 fully saturated rings. The molecular formula is C51H55N3O6. The second kappa shape index (κ2) is 25.1. The van der Waals surface area contributed by atoms with Crippen LogP contribution in [0.25, 0.3) is 0 Å². The van der Waals surface area contributed by atoms with Gasteiger partial charge >= 0.3 is 11.9 Å². The van der Waals surface area contributed by atoms with Gasteiger partial charge in [-0.1, -0.05) is 102 Å². The van der Waals surface area contributed by atoms with E-state index >= 15 is 0 Å². The minimum absolute atomic E-state index is 0.0656. The standard InChI is InChI=1S/C51H55N3O6/c1-3-5-7-9-11-13-31-57-46-27-23-44(24-28-46)53-37-39-15-19-42(20-16-39)50(55)59-48-33-41(36-52)34-49(35-48)60-51(56)43-21-17-40(18-22-43)38-54-45-25-29-47(30-26-45)58-32-14-12-10-8-6-4-2/h15-30,33-35,37-38H,3-14,31-32H2,1-2H3. The van der Waals surface area contributed by atoms with Gasteiger partial charge in [-0.25, -0.2) is 9.59 Å². The summed E-state index contributed by atoms with van der Waals surface area (Å²) in [4.78, 5) is 35.2. The third-order valence-corrected chi connectivity index (χ3v) is 9.66. The molecule has 60 heavy (non-hydrogen) atoms. The summed E-state index contributed by atoms with van der Waals surface area (Å²) in [5.74, 6) is 0.517. The molecule has 0 bridgehead atoms. The van der Waals surface area contributed by atoms with Crippen molar-refractivity contribution in [2.45, 2.75) is 90.9 Å². The number of rotatable bonds is 24. The molecule has 0 unspecified atom stereocenters. The molecular weight excluding hydrogens is 751 g/mol. The summed E-state index contributed by atoms with van der Waals surface area (Å²) < 4.78 is 22.9. The van der Waals surface area contributed by atoms with Gasteiger partial charge in [-0.2, -0.15) is 5.26 Å². The number of nitriles is 1. The highest BCUT2D eigenvalue weighted by atomic mass is 16.5. The highest BCUT2D eigenvalue weighted by Crippen LogP contribution is 2.25. The number of carbonyl (C=O) groups is 2. The van der Waals surface area contributed by atoms with Crippen LogP contribution >= 0.6 is 0 Å². The van der Waals surface area contributed by atoms with Crippen LogP contribution in [-0.4, -0.2) is 37.6 Å². The van der Waals surface area contributed by atoms with E-state index in [1.165, 1.54) is 82.4 Å². The lowest BCUT2D eigenvalue weighted by Gasteiger charge is -2.09. The quantitative estimate of drug-likeness (QED) is 0.0263. The van der Waals surface area contributed by atoms with Gasteiger partial charge in [0.25, 0.3) is 0 Å². The Morgan fingerprint density at radius 2 is 0.883 bits per heavy atom. The number of ether oxygens (including phenoxy) is 4. The normalized spacial score (nSPS) is 11.1. The van der Waals surface area contributed by atoms with E-state index in [0.717, 1.165) is 46.8 Å². The molecule has 5 aromatic rings. The Kier molecular flexibility index (Phi) is 18.6. The van der Waals surface area contributed by atoms with E-state index in [4.69, 9.17) is 18.9 Å². The monoisotopic (exact) mass is 805 g/mol. The summed E-state index contributed by atoms with van der Waals surface area (Å²) >= 11 is 0. The average molecular weight is 806 g/mol. The van der Waals surface area contributed by atoms with E-state index in [2.05, 4.69) is 23.8 Å². The molecule has 5 rings (SSSR count). The maximum Gasteiger partial charge on any atom is 0.343 e. The number of nitrogens with zero attached hydrogens (tertiary/aromatic N) is 3. The highest BCUT2D eigenvalue weighted by molar-refractivity contribution is 5.94. The van der Waals surface area contributed by atoms with Gasteiger partial charge in [0.1, 0.15) is 23.0 Å². The van der Waals surface area contributed by atoms with Crippen LogP contribution in [0.1, 0.15) is 128 Å². The van der Waals surface area contributed by atoms with Crippen LogP contribution in [0.5, 0.6) is 23.0 Å². The molecule has 0 aliphatic carbocycles. The Morgan fingerprint density at radius 1 is 0.500 bits per heavy atom. The summed E-state index contributed by atoms with van der Waals surface area (Å²) in [6, 6.07) is 35.1. The van der Waals surface area contributed by atoms with Gasteiger partial charge in [-0.15, -0.1) is 0 Å². The van der Waals surface area contributed by atoms with Crippen LogP contribution in [0.4, 0.5) is 11.4 Å². The number of hydrogen-bond acceptors (Lipinski definition) is 9. The third kappa shape index (κ3) is 15.7. The van der Waals surface area contributed by atoms with Crippen LogP contribution in [-0.2, 0) is 0 Å². The first-order valence-electron chi connectivity index (χ1n) is 21.2. The fraction of sp³-hybridized carbons (Fsp3) is 0.314. The number of benzene rings is 5. The number of hydrogen-bond donors (Lipinski definition) is 0. The minimum atomic E-state index is -0.632. The SMILES string of the molecule is CCCCCCCCOc1ccc(N=Cc2ccc(C(=O)Oc3cc(C#N)cc(OC(=O)c4ccc(C=Nc5ccc(OCCCCCCCC)cc5)cc4)c3)cc2)cc1. The van der Waals surface area contributed by atoms with Crippen molar-refractivity contribution in [3.05, 3.63) is 143 Å². The van der Waals surface area contributed by atoms with Gasteiger partial charge in [0.2, 0.25) is 0 Å². The lowest BCUT2D eigenvalue weighted by atomic mass is 10.1. The van der Waals surface area contributed by atoms with Gasteiger partial charge in [0.15, 0.2) is 0 Å². The summed E-state index contributed by atoms with van der Waals surface area (Å²) in [5.41, 5.74) is 3.92. The zero-order chi connectivity index (χ0) is 42.2. The van der Waals surface area contributed by atoms with Gasteiger partial charge in [0, 0.05) is 18.5 Å². The second-order valence-corrected chi connectivity index (χ2v) is 14.6. The van der Waals surface area contributed by atoms with E-state index in [1.54, 1.807) is 61.0 Å². The van der Waals surface area contributed by atoms with E-state index < -0.39 is 11.9 Å². The van der Waals surface area contributed by atoms with Crippen LogP contribution in [0, 0.1) is 11.3 Å². The molecule has 0 aliphatic heterocycles. The number of unbranched alkanes of at least 4 members (excludes halogenated alkanes) is 10. The van der Waals surface area contributed by atoms with Crippen LogP contribution < -0.4 is 18.9 Å². The zero-order valence-electron chi connectivity index (χ0n) is 34.8. The third-order valence-electron chi connectivity index (χ3n) is 9.66. The molecule has 0 saturated heterocycles. The first kappa shape index (κ1) is 44.6. The molecule has 5 aromatic carbocycles. The number of aliphatic imine (C=N–C) groups is 2. The fourth-order valence-electron chi connectivity index (χ4n) is 6.20. The Labute approximate surface area is 354 Å². The van der Waals surface area contributed by atoms with E-state index in [1.807, 2.05) is 54.6 Å². The summed E-state index contributed by atoms with van der Waals surface area (Å²) in [7, 11) is 0. The predicted octanol–water partition coefficient (Wildman–Crippen LogP) is 13.0. The minimum Gasteiger partial charge on any atom is -0.494 e. The molecule has 0 aromatic heterocycles. The number of esters is 2. The average Bonchev–Trinajstić information content (AvgIpc) is 3.28. The van der Waals surface area contributed by atoms with Crippen molar-refractivity contribution in [2.24, 2.45) is 9.98 Å². The largest absolute Gasteiger partial charge is 0.494 e. The van der Waals surface area contributed by atoms with Crippen molar-refractivity contribution in [1.29, 1.82) is 5.26 Å². The highest BCUT2D eigenvalue weighted by Gasteiger charge is 2.14. The van der Waals surface area contributed by atoms with Crippen molar-refractivity contribution >= 4 is 35.7 Å². The van der Waals surface area contributed by atoms with Gasteiger partial charge in [-0.3, -0.25) is 9.98 Å². The van der Waals surface area contributed by atoms with Crippen molar-refractivity contribution in [3.8, 4) is 29.1 Å². The Morgan fingerprint density at radius 3 is 1.27 bits per heavy atom. The molecule has 0 spiro atoms. The van der Waals surface area contributed by atoms with Crippen LogP contribution in [0.15, 0.2) is 125 Å². The van der Waals surface area contributed by atoms with E-state index in [-0.39, 0.29) is 17.1 Å². The van der Waals surface area contributed by atoms with Crippen molar-refractivity contribution in [2.75, 3.05) is 13.2 Å². The molecule has 0 aliphatic rings. The summed E-state index contributed by atoms with van der Waals surface area (Å²) in [6.07, 6.45) is 18.1. The van der Waals surface area contributed by atoms with Crippen LogP contribution in [0.3, 0.4) is 0 Å².